The van der Waals surface area contributed by atoms with Crippen molar-refractivity contribution in [3.63, 3.8) is 0 Å². The summed E-state index contributed by atoms with van der Waals surface area (Å²) in [5.41, 5.74) is 1.70. The predicted octanol–water partition coefficient (Wildman–Crippen LogP) is 1.95. The molecule has 1 aromatic heterocycles. The molecule has 2 aromatic rings. The van der Waals surface area contributed by atoms with Crippen LogP contribution < -0.4 is 4.72 Å². The standard InChI is InChI=1S/C18H22N2O6S/c1-5-14-6-8-15(9-7-14)17(22)12(3)25-16(21)10-19-27(23,24)18-11(2)20-26-13(18)4/h6-9,12,19H,5,10H2,1-4H3/t12-/m0/s1. The van der Waals surface area contributed by atoms with E-state index in [1.54, 1.807) is 12.1 Å². The van der Waals surface area contributed by atoms with Crippen LogP contribution in [0.3, 0.4) is 0 Å². The zero-order valence-electron chi connectivity index (χ0n) is 15.6. The van der Waals surface area contributed by atoms with Gasteiger partial charge in [0.2, 0.25) is 15.8 Å². The molecule has 1 aromatic carbocycles. The number of carbonyl (C=O) groups is 2. The van der Waals surface area contributed by atoms with Crippen molar-refractivity contribution in [1.82, 2.24) is 9.88 Å². The molecule has 1 heterocycles. The fraction of sp³-hybridized carbons (Fsp3) is 0.389. The largest absolute Gasteiger partial charge is 0.453 e. The maximum absolute atomic E-state index is 12.3. The Balaban J connectivity index is 1.95. The highest BCUT2D eigenvalue weighted by molar-refractivity contribution is 7.89. The second-order valence-electron chi connectivity index (χ2n) is 6.02. The molecule has 1 atom stereocenters. The number of aromatic nitrogens is 1. The Morgan fingerprint density at radius 3 is 2.37 bits per heavy atom. The first kappa shape index (κ1) is 20.8. The molecule has 8 nitrogen and oxygen atoms in total. The number of Topliss-reactive ketones (excluding diaryl/α,β-unsaturated/α-hetero) is 1. The normalized spacial score (nSPS) is 12.6. The number of aryl methyl sites for hydroxylation is 3. The van der Waals surface area contributed by atoms with Gasteiger partial charge in [-0.2, -0.15) is 4.72 Å². The molecule has 27 heavy (non-hydrogen) atoms. The maximum atomic E-state index is 12.3. The van der Waals surface area contributed by atoms with Crippen molar-refractivity contribution in [3.05, 3.63) is 46.8 Å². The summed E-state index contributed by atoms with van der Waals surface area (Å²) in [6.07, 6.45) is -0.182. The average Bonchev–Trinajstić information content (AvgIpc) is 2.98. The third kappa shape index (κ3) is 5.01. The lowest BCUT2D eigenvalue weighted by Crippen LogP contribution is -2.34. The van der Waals surface area contributed by atoms with E-state index in [1.807, 2.05) is 19.1 Å². The number of sulfonamides is 1. The molecule has 0 spiro atoms. The average molecular weight is 394 g/mol. The first-order valence-corrected chi connectivity index (χ1v) is 9.89. The fourth-order valence-electron chi connectivity index (χ4n) is 2.52. The van der Waals surface area contributed by atoms with Crippen molar-refractivity contribution in [2.75, 3.05) is 6.54 Å². The first-order chi connectivity index (χ1) is 12.7. The van der Waals surface area contributed by atoms with Gasteiger partial charge in [0.1, 0.15) is 17.1 Å². The topological polar surface area (TPSA) is 116 Å². The van der Waals surface area contributed by atoms with E-state index in [9.17, 15) is 18.0 Å². The Kier molecular flexibility index (Phi) is 6.50. The van der Waals surface area contributed by atoms with Crippen LogP contribution in [-0.2, 0) is 26.0 Å². The molecule has 0 aliphatic heterocycles. The summed E-state index contributed by atoms with van der Waals surface area (Å²) in [5.74, 6) is -1.11. The summed E-state index contributed by atoms with van der Waals surface area (Å²) in [5, 5.41) is 3.57. The molecule has 0 unspecified atom stereocenters. The zero-order valence-corrected chi connectivity index (χ0v) is 16.4. The van der Waals surface area contributed by atoms with Gasteiger partial charge in [-0.25, -0.2) is 8.42 Å². The Morgan fingerprint density at radius 2 is 1.85 bits per heavy atom. The van der Waals surface area contributed by atoms with Crippen LogP contribution >= 0.6 is 0 Å². The van der Waals surface area contributed by atoms with Crippen molar-refractivity contribution in [3.8, 4) is 0 Å². The van der Waals surface area contributed by atoms with Crippen LogP contribution in [0.1, 0.15) is 41.2 Å². The highest BCUT2D eigenvalue weighted by Crippen LogP contribution is 2.18. The molecule has 0 aliphatic rings. The number of nitrogens with one attached hydrogen (secondary N) is 1. The Morgan fingerprint density at radius 1 is 1.22 bits per heavy atom. The van der Waals surface area contributed by atoms with Crippen molar-refractivity contribution in [1.29, 1.82) is 0 Å². The minimum atomic E-state index is -3.98. The van der Waals surface area contributed by atoms with Crippen molar-refractivity contribution >= 4 is 21.8 Å². The third-order valence-corrected chi connectivity index (χ3v) is 5.61. The minimum absolute atomic E-state index is 0.115. The van der Waals surface area contributed by atoms with Gasteiger partial charge in [-0.3, -0.25) is 9.59 Å². The SMILES string of the molecule is CCc1ccc(C(=O)[C@H](C)OC(=O)CNS(=O)(=O)c2c(C)noc2C)cc1. The van der Waals surface area contributed by atoms with Gasteiger partial charge in [-0.1, -0.05) is 36.3 Å². The molecule has 0 fully saturated rings. The molecule has 0 saturated heterocycles. The second kappa shape index (κ2) is 8.45. The van der Waals surface area contributed by atoms with Crippen LogP contribution in [0, 0.1) is 13.8 Å². The van der Waals surface area contributed by atoms with Gasteiger partial charge in [0, 0.05) is 5.56 Å². The van der Waals surface area contributed by atoms with E-state index in [-0.39, 0.29) is 22.1 Å². The predicted molar refractivity (Wildman–Crippen MR) is 96.9 cm³/mol. The van der Waals surface area contributed by atoms with Crippen LogP contribution in [0.25, 0.3) is 0 Å². The van der Waals surface area contributed by atoms with E-state index in [0.717, 1.165) is 12.0 Å². The lowest BCUT2D eigenvalue weighted by molar-refractivity contribution is -0.144. The quantitative estimate of drug-likeness (QED) is 0.537. The van der Waals surface area contributed by atoms with E-state index in [4.69, 9.17) is 9.26 Å². The third-order valence-electron chi connectivity index (χ3n) is 3.97. The van der Waals surface area contributed by atoms with E-state index in [2.05, 4.69) is 9.88 Å². The first-order valence-electron chi connectivity index (χ1n) is 8.41. The van der Waals surface area contributed by atoms with Gasteiger partial charge >= 0.3 is 5.97 Å². The number of ketones is 1. The van der Waals surface area contributed by atoms with Crippen LogP contribution in [0.4, 0.5) is 0 Å². The number of rotatable bonds is 8. The van der Waals surface area contributed by atoms with Crippen LogP contribution in [-0.4, -0.2) is 38.0 Å². The number of esters is 1. The van der Waals surface area contributed by atoms with Crippen LogP contribution in [0.2, 0.25) is 0 Å². The molecule has 0 aliphatic carbocycles. The van der Waals surface area contributed by atoms with E-state index in [0.29, 0.717) is 5.56 Å². The molecule has 0 bridgehead atoms. The van der Waals surface area contributed by atoms with Crippen molar-refractivity contribution in [2.24, 2.45) is 0 Å². The lowest BCUT2D eigenvalue weighted by Gasteiger charge is -2.13. The highest BCUT2D eigenvalue weighted by atomic mass is 32.2. The van der Waals surface area contributed by atoms with E-state index in [1.165, 1.54) is 20.8 Å². The van der Waals surface area contributed by atoms with Gasteiger partial charge in [0.15, 0.2) is 11.9 Å². The Hall–Kier alpha value is -2.52. The number of carbonyl (C=O) groups excluding carboxylic acids is 2. The van der Waals surface area contributed by atoms with E-state index >= 15 is 0 Å². The number of hydrogen-bond donors (Lipinski definition) is 1. The van der Waals surface area contributed by atoms with Gasteiger partial charge in [-0.05, 0) is 32.8 Å². The number of nitrogens with zero attached hydrogens (tertiary/aromatic N) is 1. The molecule has 2 rings (SSSR count). The molecule has 146 valence electrons. The molecular formula is C18H22N2O6S. The summed E-state index contributed by atoms with van der Waals surface area (Å²) in [6.45, 7) is 5.77. The second-order valence-corrected chi connectivity index (χ2v) is 7.73. The highest BCUT2D eigenvalue weighted by Gasteiger charge is 2.26. The van der Waals surface area contributed by atoms with Gasteiger partial charge in [0.25, 0.3) is 0 Å². The van der Waals surface area contributed by atoms with Crippen LogP contribution in [0.5, 0.6) is 0 Å². The van der Waals surface area contributed by atoms with Crippen LogP contribution in [0.15, 0.2) is 33.7 Å². The monoisotopic (exact) mass is 394 g/mol. The molecule has 9 heteroatoms. The lowest BCUT2D eigenvalue weighted by atomic mass is 10.0. The zero-order chi connectivity index (χ0) is 20.2. The van der Waals surface area contributed by atoms with Gasteiger partial charge in [0.05, 0.1) is 0 Å². The number of ether oxygens (including phenoxy) is 1. The maximum Gasteiger partial charge on any atom is 0.321 e. The molecule has 0 amide bonds. The molecule has 0 radical (unpaired) electrons. The summed E-state index contributed by atoms with van der Waals surface area (Å²) < 4.78 is 36.5. The minimum Gasteiger partial charge on any atom is -0.453 e. The van der Waals surface area contributed by atoms with Crippen molar-refractivity contribution < 1.29 is 27.3 Å². The van der Waals surface area contributed by atoms with Gasteiger partial charge in [-0.15, -0.1) is 0 Å². The molecule has 0 saturated carbocycles. The van der Waals surface area contributed by atoms with E-state index < -0.39 is 28.6 Å². The fourth-order valence-corrected chi connectivity index (χ4v) is 3.81. The summed E-state index contributed by atoms with van der Waals surface area (Å²) in [7, 11) is -3.98. The van der Waals surface area contributed by atoms with Gasteiger partial charge < -0.3 is 9.26 Å². The Labute approximate surface area is 157 Å². The summed E-state index contributed by atoms with van der Waals surface area (Å²) >= 11 is 0. The molecule has 1 N–H and O–H groups in total. The summed E-state index contributed by atoms with van der Waals surface area (Å²) in [6, 6.07) is 7.01. The van der Waals surface area contributed by atoms with Crippen molar-refractivity contribution in [2.45, 2.75) is 45.1 Å². The summed E-state index contributed by atoms with van der Waals surface area (Å²) in [4.78, 5) is 24.1. The Bertz CT molecular complexity index is 912. The smallest absolute Gasteiger partial charge is 0.321 e. The number of hydrogen-bond acceptors (Lipinski definition) is 7. The molecular weight excluding hydrogens is 372 g/mol. The number of benzene rings is 1.